The van der Waals surface area contributed by atoms with Crippen LogP contribution in [0.2, 0.25) is 0 Å². The number of sulfonamides is 1. The Labute approximate surface area is 180 Å². The van der Waals surface area contributed by atoms with Crippen LogP contribution >= 0.6 is 0 Å². The summed E-state index contributed by atoms with van der Waals surface area (Å²) in [6, 6.07) is 9.95. The van der Waals surface area contributed by atoms with Crippen molar-refractivity contribution in [3.63, 3.8) is 0 Å². The molecule has 2 N–H and O–H groups in total. The lowest BCUT2D eigenvalue weighted by Crippen LogP contribution is -2.45. The average molecular weight is 449 g/mol. The van der Waals surface area contributed by atoms with Gasteiger partial charge in [0.1, 0.15) is 6.04 Å². The molecular weight excluding hydrogens is 424 g/mol. The molecule has 0 aliphatic heterocycles. The molecule has 0 spiro atoms. The van der Waals surface area contributed by atoms with E-state index in [0.29, 0.717) is 0 Å². The van der Waals surface area contributed by atoms with Crippen molar-refractivity contribution in [3.05, 3.63) is 64.2 Å². The number of carbonyl (C=O) groups is 2. The SMILES string of the molecule is CC(C)NC(=O)c1ccccc1NC(=O)C(C)N(c1cccc([N+](=O)[O-])c1)S(C)(=O)=O. The molecule has 0 heterocycles. The lowest BCUT2D eigenvalue weighted by molar-refractivity contribution is -0.384. The van der Waals surface area contributed by atoms with E-state index in [9.17, 15) is 28.1 Å². The lowest BCUT2D eigenvalue weighted by Gasteiger charge is -2.28. The minimum Gasteiger partial charge on any atom is -0.350 e. The van der Waals surface area contributed by atoms with Crippen molar-refractivity contribution >= 4 is 38.9 Å². The molecule has 0 saturated carbocycles. The van der Waals surface area contributed by atoms with Crippen LogP contribution < -0.4 is 14.9 Å². The maximum Gasteiger partial charge on any atom is 0.271 e. The number of para-hydroxylation sites is 1. The number of non-ortho nitro benzene ring substituents is 1. The van der Waals surface area contributed by atoms with E-state index >= 15 is 0 Å². The number of benzene rings is 2. The van der Waals surface area contributed by atoms with Gasteiger partial charge in [0, 0.05) is 18.2 Å². The number of nitrogens with one attached hydrogen (secondary N) is 2. The van der Waals surface area contributed by atoms with Gasteiger partial charge in [0.05, 0.1) is 28.1 Å². The van der Waals surface area contributed by atoms with Crippen molar-refractivity contribution in [1.29, 1.82) is 0 Å². The summed E-state index contributed by atoms with van der Waals surface area (Å²) in [6.45, 7) is 4.94. The summed E-state index contributed by atoms with van der Waals surface area (Å²) in [5.41, 5.74) is 0.0997. The highest BCUT2D eigenvalue weighted by molar-refractivity contribution is 7.92. The molecule has 0 aliphatic rings. The first kappa shape index (κ1) is 23.8. The normalized spacial score (nSPS) is 12.2. The van der Waals surface area contributed by atoms with Gasteiger partial charge in [0.15, 0.2) is 0 Å². The molecule has 0 bridgehead atoms. The molecule has 0 aromatic heterocycles. The molecule has 11 heteroatoms. The molecule has 1 atom stereocenters. The van der Waals surface area contributed by atoms with Crippen LogP contribution in [-0.4, -0.2) is 43.5 Å². The smallest absolute Gasteiger partial charge is 0.271 e. The van der Waals surface area contributed by atoms with Gasteiger partial charge >= 0.3 is 0 Å². The quantitative estimate of drug-likeness (QED) is 0.470. The van der Waals surface area contributed by atoms with Gasteiger partial charge in [-0.25, -0.2) is 8.42 Å². The fourth-order valence-electron chi connectivity index (χ4n) is 2.92. The number of nitrogens with zero attached hydrogens (tertiary/aromatic N) is 2. The molecule has 166 valence electrons. The van der Waals surface area contributed by atoms with Gasteiger partial charge in [-0.2, -0.15) is 0 Å². The number of hydrogen-bond donors (Lipinski definition) is 2. The summed E-state index contributed by atoms with van der Waals surface area (Å²) in [6.07, 6.45) is 0.902. The van der Waals surface area contributed by atoms with Gasteiger partial charge in [-0.05, 0) is 39.0 Å². The molecule has 31 heavy (non-hydrogen) atoms. The van der Waals surface area contributed by atoms with Crippen LogP contribution in [-0.2, 0) is 14.8 Å². The first-order valence-electron chi connectivity index (χ1n) is 9.36. The summed E-state index contributed by atoms with van der Waals surface area (Å²) < 4.78 is 25.6. The average Bonchev–Trinajstić information content (AvgIpc) is 2.67. The topological polar surface area (TPSA) is 139 Å². The van der Waals surface area contributed by atoms with E-state index in [0.717, 1.165) is 16.6 Å². The molecule has 0 saturated heterocycles. The Morgan fingerprint density at radius 1 is 1.06 bits per heavy atom. The Hall–Kier alpha value is -3.47. The Balaban J connectivity index is 2.37. The van der Waals surface area contributed by atoms with Gasteiger partial charge < -0.3 is 10.6 Å². The zero-order chi connectivity index (χ0) is 23.3. The summed E-state index contributed by atoms with van der Waals surface area (Å²) in [7, 11) is -3.97. The standard InChI is InChI=1S/C20H24N4O6S/c1-13(2)21-20(26)17-10-5-6-11-18(17)22-19(25)14(3)23(31(4,29)30)15-8-7-9-16(12-15)24(27)28/h5-14H,1-4H3,(H,21,26)(H,22,25). The Morgan fingerprint density at radius 2 is 1.71 bits per heavy atom. The van der Waals surface area contributed by atoms with Crippen LogP contribution in [0.1, 0.15) is 31.1 Å². The first-order chi connectivity index (χ1) is 14.4. The van der Waals surface area contributed by atoms with E-state index in [4.69, 9.17) is 0 Å². The van der Waals surface area contributed by atoms with Gasteiger partial charge in [0.2, 0.25) is 15.9 Å². The van der Waals surface area contributed by atoms with E-state index in [1.807, 2.05) is 0 Å². The second-order valence-electron chi connectivity index (χ2n) is 7.17. The Bertz CT molecular complexity index is 1100. The molecule has 2 rings (SSSR count). The van der Waals surface area contributed by atoms with Gasteiger partial charge in [-0.15, -0.1) is 0 Å². The largest absolute Gasteiger partial charge is 0.350 e. The molecule has 2 aromatic carbocycles. The predicted octanol–water partition coefficient (Wildman–Crippen LogP) is 2.53. The van der Waals surface area contributed by atoms with E-state index in [2.05, 4.69) is 10.6 Å². The van der Waals surface area contributed by atoms with Crippen molar-refractivity contribution in [2.45, 2.75) is 32.9 Å². The molecular formula is C20H24N4O6S. The number of amides is 2. The van der Waals surface area contributed by atoms with Crippen molar-refractivity contribution in [2.75, 3.05) is 15.9 Å². The van der Waals surface area contributed by atoms with Crippen molar-refractivity contribution in [1.82, 2.24) is 5.32 Å². The third-order valence-electron chi connectivity index (χ3n) is 4.23. The van der Waals surface area contributed by atoms with E-state index < -0.39 is 32.8 Å². The number of carbonyl (C=O) groups excluding carboxylic acids is 2. The van der Waals surface area contributed by atoms with Crippen molar-refractivity contribution < 1.29 is 22.9 Å². The maximum absolute atomic E-state index is 12.9. The molecule has 10 nitrogen and oxygen atoms in total. The van der Waals surface area contributed by atoms with Crippen LogP contribution in [0.15, 0.2) is 48.5 Å². The van der Waals surface area contributed by atoms with Gasteiger partial charge in [-0.3, -0.25) is 24.0 Å². The number of rotatable bonds is 8. The van der Waals surface area contributed by atoms with Crippen LogP contribution in [0, 0.1) is 10.1 Å². The van der Waals surface area contributed by atoms with Gasteiger partial charge in [-0.1, -0.05) is 18.2 Å². The molecule has 2 amide bonds. The van der Waals surface area contributed by atoms with Crippen LogP contribution in [0.3, 0.4) is 0 Å². The minimum atomic E-state index is -3.97. The van der Waals surface area contributed by atoms with Crippen LogP contribution in [0.4, 0.5) is 17.1 Å². The molecule has 1 unspecified atom stereocenters. The van der Waals surface area contributed by atoms with E-state index in [1.54, 1.807) is 26.0 Å². The number of anilines is 2. The predicted molar refractivity (Wildman–Crippen MR) is 118 cm³/mol. The fourth-order valence-corrected chi connectivity index (χ4v) is 4.09. The monoisotopic (exact) mass is 448 g/mol. The van der Waals surface area contributed by atoms with Crippen LogP contribution in [0.5, 0.6) is 0 Å². The first-order valence-corrected chi connectivity index (χ1v) is 11.2. The summed E-state index contributed by atoms with van der Waals surface area (Å²) in [4.78, 5) is 35.7. The minimum absolute atomic E-state index is 0.0230. The van der Waals surface area contributed by atoms with Gasteiger partial charge in [0.25, 0.3) is 11.6 Å². The number of nitro benzene ring substituents is 1. The molecule has 0 radical (unpaired) electrons. The summed E-state index contributed by atoms with van der Waals surface area (Å²) in [5, 5.41) is 16.4. The zero-order valence-electron chi connectivity index (χ0n) is 17.5. The van der Waals surface area contributed by atoms with Crippen LogP contribution in [0.25, 0.3) is 0 Å². The molecule has 2 aromatic rings. The third-order valence-corrected chi connectivity index (χ3v) is 5.47. The molecule has 0 aliphatic carbocycles. The second-order valence-corrected chi connectivity index (χ2v) is 9.03. The van der Waals surface area contributed by atoms with E-state index in [-0.39, 0.29) is 28.7 Å². The summed E-state index contributed by atoms with van der Waals surface area (Å²) >= 11 is 0. The Morgan fingerprint density at radius 3 is 2.29 bits per heavy atom. The highest BCUT2D eigenvalue weighted by atomic mass is 32.2. The van der Waals surface area contributed by atoms with Crippen molar-refractivity contribution in [3.8, 4) is 0 Å². The lowest BCUT2D eigenvalue weighted by atomic mass is 10.1. The highest BCUT2D eigenvalue weighted by Gasteiger charge is 2.30. The summed E-state index contributed by atoms with van der Waals surface area (Å²) in [5.74, 6) is -1.10. The second kappa shape index (κ2) is 9.56. The zero-order valence-corrected chi connectivity index (χ0v) is 18.3. The van der Waals surface area contributed by atoms with E-state index in [1.165, 1.54) is 37.3 Å². The Kier molecular flexibility index (Phi) is 7.34. The number of nitro groups is 1. The van der Waals surface area contributed by atoms with Crippen molar-refractivity contribution in [2.24, 2.45) is 0 Å². The fraction of sp³-hybridized carbons (Fsp3) is 0.300. The highest BCUT2D eigenvalue weighted by Crippen LogP contribution is 2.26. The number of hydrogen-bond acceptors (Lipinski definition) is 6. The maximum atomic E-state index is 12.9. The molecule has 0 fully saturated rings. The third kappa shape index (κ3) is 6.01.